The number of methoxy groups -OCH3 is 3. The van der Waals surface area contributed by atoms with E-state index in [-0.39, 0.29) is 28.5 Å². The highest BCUT2D eigenvalue weighted by Gasteiger charge is 2.23. The third-order valence-corrected chi connectivity index (χ3v) is 4.98. The number of rotatable bonds is 7. The summed E-state index contributed by atoms with van der Waals surface area (Å²) in [6.45, 7) is 1.75. The molecule has 9 heteroatoms. The molecule has 0 spiro atoms. The Hall–Kier alpha value is -4.03. The summed E-state index contributed by atoms with van der Waals surface area (Å²) < 4.78 is 26.7. The highest BCUT2D eigenvalue weighted by molar-refractivity contribution is 6.02. The van der Waals surface area contributed by atoms with Crippen LogP contribution >= 0.6 is 0 Å². The van der Waals surface area contributed by atoms with E-state index in [9.17, 15) is 14.9 Å². The van der Waals surface area contributed by atoms with Gasteiger partial charge in [0.1, 0.15) is 28.7 Å². The Morgan fingerprint density at radius 2 is 1.61 bits per heavy atom. The average Bonchev–Trinajstić information content (AvgIpc) is 2.87. The van der Waals surface area contributed by atoms with E-state index in [4.69, 9.17) is 23.7 Å². The van der Waals surface area contributed by atoms with Crippen LogP contribution in [0.2, 0.25) is 0 Å². The SMILES string of the molecule is COc1cc(/C=C(\C#N)C(=O)N2CCOCC2)ccc1OC(=O)c1c(OC)cccc1OC. The molecule has 1 saturated heterocycles. The van der Waals surface area contributed by atoms with Crippen LogP contribution < -0.4 is 18.9 Å². The standard InChI is InChI=1S/C24H24N2O7/c1-29-19-5-4-6-20(30-2)22(19)24(28)33-18-8-7-16(14-21(18)31-3)13-17(15-25)23(27)26-9-11-32-12-10-26/h4-8,13-14H,9-12H2,1-3H3/b17-13+. The van der Waals surface area contributed by atoms with Gasteiger partial charge in [0.15, 0.2) is 11.5 Å². The molecule has 33 heavy (non-hydrogen) atoms. The minimum Gasteiger partial charge on any atom is -0.496 e. The minimum atomic E-state index is -0.689. The highest BCUT2D eigenvalue weighted by atomic mass is 16.6. The molecule has 172 valence electrons. The summed E-state index contributed by atoms with van der Waals surface area (Å²) in [6.07, 6.45) is 1.47. The maximum absolute atomic E-state index is 12.9. The molecule has 0 unspecified atom stereocenters. The largest absolute Gasteiger partial charge is 0.496 e. The first kappa shape index (κ1) is 23.6. The van der Waals surface area contributed by atoms with E-state index in [0.717, 1.165) is 0 Å². The van der Waals surface area contributed by atoms with Crippen molar-refractivity contribution in [3.63, 3.8) is 0 Å². The van der Waals surface area contributed by atoms with E-state index >= 15 is 0 Å². The molecular weight excluding hydrogens is 428 g/mol. The fraction of sp³-hybridized carbons (Fsp3) is 0.292. The second kappa shape index (κ2) is 11.0. The smallest absolute Gasteiger partial charge is 0.351 e. The van der Waals surface area contributed by atoms with Crippen LogP contribution in [0.5, 0.6) is 23.0 Å². The molecule has 1 fully saturated rings. The summed E-state index contributed by atoms with van der Waals surface area (Å²) in [5.74, 6) is -0.0337. The molecule has 2 aromatic carbocycles. The van der Waals surface area contributed by atoms with E-state index in [0.29, 0.717) is 43.4 Å². The molecule has 0 N–H and O–H groups in total. The first-order valence-electron chi connectivity index (χ1n) is 10.1. The Morgan fingerprint density at radius 1 is 0.970 bits per heavy atom. The Kier molecular flexibility index (Phi) is 7.89. The number of hydrogen-bond acceptors (Lipinski definition) is 8. The molecular formula is C24H24N2O7. The molecule has 0 atom stereocenters. The van der Waals surface area contributed by atoms with E-state index in [1.807, 2.05) is 6.07 Å². The topological polar surface area (TPSA) is 107 Å². The molecule has 1 amide bonds. The summed E-state index contributed by atoms with van der Waals surface area (Å²) in [5.41, 5.74) is 0.665. The number of nitriles is 1. The lowest BCUT2D eigenvalue weighted by atomic mass is 10.1. The molecule has 0 aromatic heterocycles. The first-order chi connectivity index (χ1) is 16.0. The number of morpholine rings is 1. The summed E-state index contributed by atoms with van der Waals surface area (Å²) in [5, 5.41) is 9.49. The third kappa shape index (κ3) is 5.42. The van der Waals surface area contributed by atoms with Gasteiger partial charge in [-0.25, -0.2) is 4.79 Å². The average molecular weight is 452 g/mol. The molecule has 1 heterocycles. The molecule has 0 saturated carbocycles. The number of nitrogens with zero attached hydrogens (tertiary/aromatic N) is 2. The van der Waals surface area contributed by atoms with Crippen molar-refractivity contribution in [1.29, 1.82) is 5.26 Å². The van der Waals surface area contributed by atoms with Gasteiger partial charge in [-0.15, -0.1) is 0 Å². The second-order valence-electron chi connectivity index (χ2n) is 6.91. The van der Waals surface area contributed by atoms with Crippen LogP contribution in [0, 0.1) is 11.3 Å². The first-order valence-corrected chi connectivity index (χ1v) is 10.1. The van der Waals surface area contributed by atoms with E-state index < -0.39 is 5.97 Å². The molecule has 0 bridgehead atoms. The Balaban J connectivity index is 1.86. The van der Waals surface area contributed by atoms with Gasteiger partial charge in [0.25, 0.3) is 5.91 Å². The van der Waals surface area contributed by atoms with Crippen molar-refractivity contribution in [3.8, 4) is 29.1 Å². The number of ether oxygens (including phenoxy) is 5. The van der Waals surface area contributed by atoms with Crippen LogP contribution in [0.3, 0.4) is 0 Å². The van der Waals surface area contributed by atoms with Gasteiger partial charge in [-0.05, 0) is 35.9 Å². The molecule has 1 aliphatic heterocycles. The Morgan fingerprint density at radius 3 is 2.18 bits per heavy atom. The lowest BCUT2D eigenvalue weighted by molar-refractivity contribution is -0.130. The van der Waals surface area contributed by atoms with Crippen molar-refractivity contribution in [1.82, 2.24) is 4.90 Å². The maximum atomic E-state index is 12.9. The fourth-order valence-electron chi connectivity index (χ4n) is 3.31. The normalized spacial score (nSPS) is 13.6. The summed E-state index contributed by atoms with van der Waals surface area (Å²) in [6, 6.07) is 11.6. The predicted octanol–water partition coefficient (Wildman–Crippen LogP) is 2.70. The van der Waals surface area contributed by atoms with Crippen LogP contribution in [0.4, 0.5) is 0 Å². The van der Waals surface area contributed by atoms with Gasteiger partial charge in [-0.2, -0.15) is 5.26 Å². The number of benzene rings is 2. The van der Waals surface area contributed by atoms with E-state index in [2.05, 4.69) is 0 Å². The summed E-state index contributed by atoms with van der Waals surface area (Å²) in [7, 11) is 4.31. The van der Waals surface area contributed by atoms with Crippen LogP contribution in [-0.2, 0) is 9.53 Å². The number of carbonyl (C=O) groups excluding carboxylic acids is 2. The van der Waals surface area contributed by atoms with Gasteiger partial charge in [-0.3, -0.25) is 4.79 Å². The molecule has 2 aromatic rings. The van der Waals surface area contributed by atoms with Crippen molar-refractivity contribution in [3.05, 3.63) is 53.1 Å². The molecule has 3 rings (SSSR count). The van der Waals surface area contributed by atoms with E-state index in [1.54, 1.807) is 35.2 Å². The number of esters is 1. The van der Waals surface area contributed by atoms with E-state index in [1.165, 1.54) is 33.5 Å². The lowest BCUT2D eigenvalue weighted by Crippen LogP contribution is -2.41. The van der Waals surface area contributed by atoms with Crippen molar-refractivity contribution in [2.45, 2.75) is 0 Å². The maximum Gasteiger partial charge on any atom is 0.351 e. The van der Waals surface area contributed by atoms with Gasteiger partial charge < -0.3 is 28.6 Å². The predicted molar refractivity (Wildman–Crippen MR) is 118 cm³/mol. The monoisotopic (exact) mass is 452 g/mol. The summed E-state index contributed by atoms with van der Waals surface area (Å²) in [4.78, 5) is 27.1. The third-order valence-electron chi connectivity index (χ3n) is 4.98. The Bertz CT molecular complexity index is 1080. The Labute approximate surface area is 191 Å². The van der Waals surface area contributed by atoms with Crippen molar-refractivity contribution in [2.75, 3.05) is 47.6 Å². The number of amides is 1. The van der Waals surface area contributed by atoms with Gasteiger partial charge >= 0.3 is 5.97 Å². The van der Waals surface area contributed by atoms with Crippen molar-refractivity contribution < 1.29 is 33.3 Å². The van der Waals surface area contributed by atoms with Gasteiger partial charge in [0.05, 0.1) is 34.5 Å². The lowest BCUT2D eigenvalue weighted by Gasteiger charge is -2.26. The summed E-state index contributed by atoms with van der Waals surface area (Å²) >= 11 is 0. The number of hydrogen-bond donors (Lipinski definition) is 0. The van der Waals surface area contributed by atoms with Gasteiger partial charge in [0, 0.05) is 13.1 Å². The highest BCUT2D eigenvalue weighted by Crippen LogP contribution is 2.33. The van der Waals surface area contributed by atoms with Crippen LogP contribution in [-0.4, -0.2) is 64.4 Å². The van der Waals surface area contributed by atoms with Crippen molar-refractivity contribution >= 4 is 18.0 Å². The molecule has 0 radical (unpaired) electrons. The molecule has 1 aliphatic rings. The van der Waals surface area contributed by atoms with Crippen LogP contribution in [0.25, 0.3) is 6.08 Å². The zero-order chi connectivity index (χ0) is 23.8. The zero-order valence-corrected chi connectivity index (χ0v) is 18.6. The molecule has 9 nitrogen and oxygen atoms in total. The van der Waals surface area contributed by atoms with Gasteiger partial charge in [0.2, 0.25) is 0 Å². The van der Waals surface area contributed by atoms with Crippen LogP contribution in [0.15, 0.2) is 42.0 Å². The second-order valence-corrected chi connectivity index (χ2v) is 6.91. The van der Waals surface area contributed by atoms with Crippen molar-refractivity contribution in [2.24, 2.45) is 0 Å². The van der Waals surface area contributed by atoms with Crippen LogP contribution in [0.1, 0.15) is 15.9 Å². The molecule has 0 aliphatic carbocycles. The minimum absolute atomic E-state index is 0.0116. The number of carbonyl (C=O) groups is 2. The fourth-order valence-corrected chi connectivity index (χ4v) is 3.31. The zero-order valence-electron chi connectivity index (χ0n) is 18.6. The quantitative estimate of drug-likeness (QED) is 0.273. The van der Waals surface area contributed by atoms with Gasteiger partial charge in [-0.1, -0.05) is 12.1 Å².